The van der Waals surface area contributed by atoms with E-state index in [0.29, 0.717) is 0 Å². The van der Waals surface area contributed by atoms with Crippen LogP contribution in [0, 0.1) is 6.92 Å². The Labute approximate surface area is 163 Å². The van der Waals surface area contributed by atoms with Gasteiger partial charge in [-0.1, -0.05) is 74.0 Å². The lowest BCUT2D eigenvalue weighted by atomic mass is 9.88. The first-order chi connectivity index (χ1) is 13.1. The van der Waals surface area contributed by atoms with Crippen molar-refractivity contribution in [3.05, 3.63) is 101 Å². The number of nitrogen functional groups attached to an aromatic ring is 1. The molecular formula is C26H29N. The summed E-state index contributed by atoms with van der Waals surface area (Å²) in [6, 6.07) is 26.0. The van der Waals surface area contributed by atoms with Gasteiger partial charge in [0.1, 0.15) is 0 Å². The Morgan fingerprint density at radius 2 is 1.52 bits per heavy atom. The van der Waals surface area contributed by atoms with Crippen LogP contribution in [0.4, 0.5) is 5.69 Å². The molecule has 1 nitrogen and oxygen atoms in total. The van der Waals surface area contributed by atoms with Gasteiger partial charge in [-0.25, -0.2) is 0 Å². The maximum atomic E-state index is 6.00. The second-order valence-corrected chi connectivity index (χ2v) is 7.29. The third-order valence-electron chi connectivity index (χ3n) is 5.18. The van der Waals surface area contributed by atoms with E-state index in [0.717, 1.165) is 18.5 Å². The van der Waals surface area contributed by atoms with Gasteiger partial charge in [0.05, 0.1) is 0 Å². The summed E-state index contributed by atoms with van der Waals surface area (Å²) >= 11 is 0. The third kappa shape index (κ3) is 4.68. The van der Waals surface area contributed by atoms with Crippen molar-refractivity contribution in [2.24, 2.45) is 0 Å². The molecule has 0 spiro atoms. The van der Waals surface area contributed by atoms with Crippen LogP contribution in [0.15, 0.2) is 72.8 Å². The minimum absolute atomic E-state index is 0.817. The Bertz CT molecular complexity index is 918. The quantitative estimate of drug-likeness (QED) is 0.386. The molecule has 27 heavy (non-hydrogen) atoms. The van der Waals surface area contributed by atoms with E-state index in [1.54, 1.807) is 0 Å². The summed E-state index contributed by atoms with van der Waals surface area (Å²) in [5.41, 5.74) is 16.0. The molecule has 3 aromatic carbocycles. The van der Waals surface area contributed by atoms with Crippen molar-refractivity contribution in [3.8, 4) is 0 Å². The summed E-state index contributed by atoms with van der Waals surface area (Å²) in [5.74, 6) is 0. The molecule has 2 N–H and O–H groups in total. The Balaban J connectivity index is 2.04. The smallest absolute Gasteiger partial charge is 0.0317 e. The fourth-order valence-corrected chi connectivity index (χ4v) is 3.63. The van der Waals surface area contributed by atoms with Crippen LogP contribution in [0.3, 0.4) is 0 Å². The van der Waals surface area contributed by atoms with Gasteiger partial charge in [0.15, 0.2) is 0 Å². The number of hydrogen-bond donors (Lipinski definition) is 1. The van der Waals surface area contributed by atoms with Crippen LogP contribution in [0.1, 0.15) is 48.1 Å². The zero-order valence-corrected chi connectivity index (χ0v) is 16.6. The summed E-state index contributed by atoms with van der Waals surface area (Å²) < 4.78 is 0. The van der Waals surface area contributed by atoms with Crippen LogP contribution < -0.4 is 5.73 Å². The summed E-state index contributed by atoms with van der Waals surface area (Å²) in [6.45, 7) is 6.60. The number of aryl methyl sites for hydroxylation is 2. The monoisotopic (exact) mass is 355 g/mol. The summed E-state index contributed by atoms with van der Waals surface area (Å²) in [7, 11) is 0. The number of anilines is 1. The second-order valence-electron chi connectivity index (χ2n) is 7.29. The lowest BCUT2D eigenvalue weighted by molar-refractivity contribution is 0.921. The van der Waals surface area contributed by atoms with E-state index in [-0.39, 0.29) is 0 Å². The average Bonchev–Trinajstić information content (AvgIpc) is 2.68. The topological polar surface area (TPSA) is 26.0 Å². The summed E-state index contributed by atoms with van der Waals surface area (Å²) in [6.07, 6.45) is 3.24. The number of benzene rings is 3. The third-order valence-corrected chi connectivity index (χ3v) is 5.18. The van der Waals surface area contributed by atoms with Gasteiger partial charge in [0.2, 0.25) is 0 Å². The van der Waals surface area contributed by atoms with Crippen LogP contribution in [-0.2, 0) is 12.8 Å². The van der Waals surface area contributed by atoms with Gasteiger partial charge in [0, 0.05) is 5.69 Å². The molecule has 1 heteroatoms. The predicted octanol–water partition coefficient (Wildman–Crippen LogP) is 6.70. The fraction of sp³-hybridized carbons (Fsp3) is 0.231. The molecule has 0 bridgehead atoms. The molecule has 0 amide bonds. The molecule has 0 heterocycles. The fourth-order valence-electron chi connectivity index (χ4n) is 3.63. The van der Waals surface area contributed by atoms with Crippen molar-refractivity contribution in [3.63, 3.8) is 0 Å². The maximum Gasteiger partial charge on any atom is 0.0317 e. The minimum Gasteiger partial charge on any atom is -0.399 e. The van der Waals surface area contributed by atoms with Gasteiger partial charge in [-0.15, -0.1) is 0 Å². The van der Waals surface area contributed by atoms with Gasteiger partial charge >= 0.3 is 0 Å². The molecule has 0 unspecified atom stereocenters. The van der Waals surface area contributed by atoms with Gasteiger partial charge < -0.3 is 5.73 Å². The lowest BCUT2D eigenvalue weighted by Gasteiger charge is -2.17. The Hall–Kier alpha value is -2.80. The van der Waals surface area contributed by atoms with Gasteiger partial charge in [-0.2, -0.15) is 0 Å². The van der Waals surface area contributed by atoms with Crippen LogP contribution in [0.25, 0.3) is 11.1 Å². The molecule has 0 saturated heterocycles. The van der Waals surface area contributed by atoms with Crippen molar-refractivity contribution in [2.75, 3.05) is 5.73 Å². The molecular weight excluding hydrogens is 326 g/mol. The van der Waals surface area contributed by atoms with Crippen LogP contribution in [0.2, 0.25) is 0 Å². The first kappa shape index (κ1) is 19.0. The molecule has 0 aliphatic carbocycles. The maximum absolute atomic E-state index is 6.00. The number of nitrogens with two attached hydrogens (primary N) is 1. The van der Waals surface area contributed by atoms with E-state index in [1.165, 1.54) is 45.4 Å². The van der Waals surface area contributed by atoms with Crippen molar-refractivity contribution in [1.29, 1.82) is 0 Å². The van der Waals surface area contributed by atoms with E-state index in [1.807, 2.05) is 6.07 Å². The average molecular weight is 356 g/mol. The highest BCUT2D eigenvalue weighted by Crippen LogP contribution is 2.32. The van der Waals surface area contributed by atoms with E-state index in [4.69, 9.17) is 5.73 Å². The van der Waals surface area contributed by atoms with Crippen molar-refractivity contribution < 1.29 is 0 Å². The van der Waals surface area contributed by atoms with Crippen LogP contribution >= 0.6 is 0 Å². The first-order valence-corrected chi connectivity index (χ1v) is 9.78. The SMILES string of the molecule is CCCc1ccc(C/C(=C(/C)c2ccccc2)c2ccc(N)cc2C)cc1. The lowest BCUT2D eigenvalue weighted by Crippen LogP contribution is -1.99. The Morgan fingerprint density at radius 3 is 2.15 bits per heavy atom. The molecule has 0 radical (unpaired) electrons. The normalized spacial score (nSPS) is 12.0. The van der Waals surface area contributed by atoms with Crippen LogP contribution in [0.5, 0.6) is 0 Å². The van der Waals surface area contributed by atoms with Crippen molar-refractivity contribution in [2.45, 2.75) is 40.0 Å². The van der Waals surface area contributed by atoms with Gasteiger partial charge in [-0.05, 0) is 77.8 Å². The predicted molar refractivity (Wildman–Crippen MR) is 119 cm³/mol. The van der Waals surface area contributed by atoms with Crippen molar-refractivity contribution >= 4 is 16.8 Å². The highest BCUT2D eigenvalue weighted by molar-refractivity contribution is 5.91. The standard InChI is InChI=1S/C26H29N/c1-4-8-21-11-13-22(14-12-21)18-26(20(3)23-9-6-5-7-10-23)25-16-15-24(27)17-19(25)2/h5-7,9-17H,4,8,18,27H2,1-3H3/b26-20+. The van der Waals surface area contributed by atoms with E-state index in [2.05, 4.69) is 87.5 Å². The molecule has 0 atom stereocenters. The zero-order valence-electron chi connectivity index (χ0n) is 16.6. The molecule has 0 fully saturated rings. The molecule has 0 saturated carbocycles. The Kier molecular flexibility index (Phi) is 6.13. The molecule has 0 aliphatic heterocycles. The van der Waals surface area contributed by atoms with E-state index in [9.17, 15) is 0 Å². The van der Waals surface area contributed by atoms with E-state index < -0.39 is 0 Å². The molecule has 0 aliphatic rings. The minimum atomic E-state index is 0.817. The van der Waals surface area contributed by atoms with Crippen LogP contribution in [-0.4, -0.2) is 0 Å². The Morgan fingerprint density at radius 1 is 0.852 bits per heavy atom. The molecule has 0 aromatic heterocycles. The van der Waals surface area contributed by atoms with E-state index >= 15 is 0 Å². The summed E-state index contributed by atoms with van der Waals surface area (Å²) in [5, 5.41) is 0. The second kappa shape index (κ2) is 8.73. The highest BCUT2D eigenvalue weighted by atomic mass is 14.5. The molecule has 138 valence electrons. The highest BCUT2D eigenvalue weighted by Gasteiger charge is 2.12. The first-order valence-electron chi connectivity index (χ1n) is 9.78. The van der Waals surface area contributed by atoms with Crippen molar-refractivity contribution in [1.82, 2.24) is 0 Å². The molecule has 3 aromatic rings. The summed E-state index contributed by atoms with van der Waals surface area (Å²) in [4.78, 5) is 0. The molecule has 3 rings (SSSR count). The largest absolute Gasteiger partial charge is 0.399 e. The number of hydrogen-bond acceptors (Lipinski definition) is 1. The number of allylic oxidation sites excluding steroid dienone is 2. The van der Waals surface area contributed by atoms with Gasteiger partial charge in [0.25, 0.3) is 0 Å². The number of rotatable bonds is 6. The van der Waals surface area contributed by atoms with Gasteiger partial charge in [-0.3, -0.25) is 0 Å². The zero-order chi connectivity index (χ0) is 19.2.